The number of carboxylic acid groups (broad SMARTS) is 3. The molecule has 2 rings (SSSR count). The summed E-state index contributed by atoms with van der Waals surface area (Å²) in [6.07, 6.45) is 0. The molecule has 1 saturated heterocycles. The number of aliphatic carboxylic acids is 3. The van der Waals surface area contributed by atoms with Crippen LogP contribution < -0.4 is 10.6 Å². The zero-order valence-corrected chi connectivity index (χ0v) is 16.8. The highest BCUT2D eigenvalue weighted by molar-refractivity contribution is 8.01. The second-order valence-corrected chi connectivity index (χ2v) is 9.14. The van der Waals surface area contributed by atoms with Gasteiger partial charge in [-0.15, -0.1) is 11.8 Å². The van der Waals surface area contributed by atoms with E-state index in [0.717, 1.165) is 18.9 Å². The zero-order valence-electron chi connectivity index (χ0n) is 15.2. The molecule has 28 heavy (non-hydrogen) atoms. The van der Waals surface area contributed by atoms with Crippen LogP contribution in [0.5, 0.6) is 0 Å². The highest BCUT2D eigenvalue weighted by atomic mass is 32.2. The summed E-state index contributed by atoms with van der Waals surface area (Å²) in [6, 6.07) is 0.338. The van der Waals surface area contributed by atoms with E-state index in [0.29, 0.717) is 0 Å². The molecule has 0 aliphatic carbocycles. The third-order valence-electron chi connectivity index (χ3n) is 4.39. The number of carbonyl (C=O) groups is 4. The molecule has 1 amide bonds. The van der Waals surface area contributed by atoms with Crippen LogP contribution in [-0.4, -0.2) is 68.1 Å². The van der Waals surface area contributed by atoms with E-state index in [1.54, 1.807) is 19.2 Å². The van der Waals surface area contributed by atoms with Gasteiger partial charge in [0.2, 0.25) is 5.91 Å². The van der Waals surface area contributed by atoms with Crippen molar-refractivity contribution in [2.45, 2.75) is 41.7 Å². The number of thioether (sulfide) groups is 1. The average molecular weight is 432 g/mol. The van der Waals surface area contributed by atoms with Gasteiger partial charge >= 0.3 is 17.9 Å². The first-order valence-electron chi connectivity index (χ1n) is 7.98. The summed E-state index contributed by atoms with van der Waals surface area (Å²) in [5.74, 6) is -6.97. The van der Waals surface area contributed by atoms with E-state index in [4.69, 9.17) is 4.74 Å². The molecule has 2 heterocycles. The molecule has 1 aromatic rings. The third-order valence-corrected chi connectivity index (χ3v) is 6.63. The van der Waals surface area contributed by atoms with Gasteiger partial charge in [-0.05, 0) is 36.2 Å². The molecule has 1 unspecified atom stereocenters. The molecule has 0 spiro atoms. The maximum Gasteiger partial charge on any atom is 0.360 e. The van der Waals surface area contributed by atoms with Crippen molar-refractivity contribution in [2.24, 2.45) is 0 Å². The van der Waals surface area contributed by atoms with Gasteiger partial charge < -0.3 is 25.4 Å². The molecule has 12 heteroatoms. The Morgan fingerprint density at radius 3 is 2.32 bits per heavy atom. The number of carbonyl (C=O) groups excluding carboxylic acids is 1. The van der Waals surface area contributed by atoms with Crippen LogP contribution in [0.4, 0.5) is 0 Å². The summed E-state index contributed by atoms with van der Waals surface area (Å²) in [6.45, 7) is 3.22. The Hall–Kier alpha value is -2.15. The van der Waals surface area contributed by atoms with E-state index >= 15 is 0 Å². The van der Waals surface area contributed by atoms with Crippen LogP contribution in [0.25, 0.3) is 0 Å². The van der Waals surface area contributed by atoms with Crippen molar-refractivity contribution in [2.75, 3.05) is 7.11 Å². The third kappa shape index (κ3) is 3.99. The molecule has 10 nitrogen and oxygen atoms in total. The fourth-order valence-electron chi connectivity index (χ4n) is 2.90. The van der Waals surface area contributed by atoms with E-state index < -0.39 is 51.6 Å². The Bertz CT molecular complexity index is 782. The van der Waals surface area contributed by atoms with E-state index in [1.165, 1.54) is 22.8 Å². The van der Waals surface area contributed by atoms with Gasteiger partial charge in [-0.25, -0.2) is 4.79 Å². The van der Waals surface area contributed by atoms with Gasteiger partial charge in [-0.1, -0.05) is 0 Å². The van der Waals surface area contributed by atoms with E-state index in [-0.39, 0.29) is 5.56 Å². The second-order valence-electron chi connectivity index (χ2n) is 6.60. The fraction of sp³-hybridized carbons (Fsp3) is 0.500. The van der Waals surface area contributed by atoms with E-state index in [1.807, 2.05) is 0 Å². The van der Waals surface area contributed by atoms with Crippen LogP contribution in [0.2, 0.25) is 0 Å². The maximum absolute atomic E-state index is 12.7. The first kappa shape index (κ1) is 22.1. The lowest BCUT2D eigenvalue weighted by Gasteiger charge is -2.34. The maximum atomic E-state index is 12.7. The van der Waals surface area contributed by atoms with Crippen LogP contribution >= 0.6 is 23.1 Å². The first-order chi connectivity index (χ1) is 13.0. The molecular formula is C16H20N2O8S2. The molecule has 0 aromatic carbocycles. The Balaban J connectivity index is 2.38. The Labute approximate surface area is 168 Å². The predicted octanol–water partition coefficient (Wildman–Crippen LogP) is 0.354. The van der Waals surface area contributed by atoms with Gasteiger partial charge in [0.05, 0.1) is 0 Å². The van der Waals surface area contributed by atoms with Gasteiger partial charge in [-0.2, -0.15) is 11.3 Å². The molecule has 4 atom stereocenters. The fourth-order valence-corrected chi connectivity index (χ4v) is 5.13. The summed E-state index contributed by atoms with van der Waals surface area (Å²) in [5.41, 5.74) is -2.19. The van der Waals surface area contributed by atoms with Crippen molar-refractivity contribution in [3.63, 3.8) is 0 Å². The number of amides is 1. The van der Waals surface area contributed by atoms with Crippen LogP contribution in [0.15, 0.2) is 16.8 Å². The number of hydrogen-bond donors (Lipinski definition) is 5. The lowest BCUT2D eigenvalue weighted by atomic mass is 10.00. The van der Waals surface area contributed by atoms with E-state index in [2.05, 4.69) is 10.6 Å². The number of hydrogen-bond acceptors (Lipinski definition) is 8. The summed E-state index contributed by atoms with van der Waals surface area (Å²) < 4.78 is 4.21. The summed E-state index contributed by atoms with van der Waals surface area (Å²) >= 11 is 2.15. The molecule has 154 valence electrons. The summed E-state index contributed by atoms with van der Waals surface area (Å²) in [7, 11) is 1.04. The van der Waals surface area contributed by atoms with Gasteiger partial charge in [0, 0.05) is 11.9 Å². The van der Waals surface area contributed by atoms with Crippen molar-refractivity contribution >= 4 is 46.9 Å². The van der Waals surface area contributed by atoms with Crippen molar-refractivity contribution < 1.29 is 39.2 Å². The number of thiophene rings is 1. The molecule has 0 saturated carbocycles. The monoisotopic (exact) mass is 432 g/mol. The van der Waals surface area contributed by atoms with Crippen molar-refractivity contribution in [1.29, 1.82) is 0 Å². The van der Waals surface area contributed by atoms with E-state index in [9.17, 15) is 34.5 Å². The lowest BCUT2D eigenvalue weighted by Crippen LogP contribution is -2.66. The van der Waals surface area contributed by atoms with Gasteiger partial charge in [0.25, 0.3) is 5.72 Å². The van der Waals surface area contributed by atoms with Crippen molar-refractivity contribution in [3.05, 3.63) is 22.4 Å². The molecule has 0 radical (unpaired) electrons. The number of methoxy groups -OCH3 is 1. The summed E-state index contributed by atoms with van der Waals surface area (Å²) in [4.78, 5) is 47.9. The predicted molar refractivity (Wildman–Crippen MR) is 100 cm³/mol. The van der Waals surface area contributed by atoms with Crippen LogP contribution in [0.1, 0.15) is 25.3 Å². The van der Waals surface area contributed by atoms with Crippen molar-refractivity contribution in [1.82, 2.24) is 10.6 Å². The number of rotatable bonds is 8. The highest BCUT2D eigenvalue weighted by Gasteiger charge is 2.58. The minimum atomic E-state index is -2.38. The SMILES string of the molecule is CO[C@@](NC(=O)C(C(=O)O)c1ccsc1)(C(=O)O)[C@@H]1N[C@@H](C(=O)O)C(C)(C)S1. The Morgan fingerprint density at radius 2 is 1.93 bits per heavy atom. The van der Waals surface area contributed by atoms with Crippen LogP contribution in [-0.2, 0) is 23.9 Å². The van der Waals surface area contributed by atoms with Gasteiger partial charge in [0.1, 0.15) is 11.4 Å². The molecule has 1 aromatic heterocycles. The van der Waals surface area contributed by atoms with Crippen LogP contribution in [0.3, 0.4) is 0 Å². The number of ether oxygens (including phenoxy) is 1. The molecule has 1 aliphatic heterocycles. The minimum absolute atomic E-state index is 0.196. The molecule has 5 N–H and O–H groups in total. The topological polar surface area (TPSA) is 162 Å². The second kappa shape index (κ2) is 8.07. The molecule has 0 bridgehead atoms. The first-order valence-corrected chi connectivity index (χ1v) is 9.80. The minimum Gasteiger partial charge on any atom is -0.480 e. The Kier molecular flexibility index (Phi) is 6.38. The smallest absolute Gasteiger partial charge is 0.360 e. The van der Waals surface area contributed by atoms with Gasteiger partial charge in [-0.3, -0.25) is 19.7 Å². The summed E-state index contributed by atoms with van der Waals surface area (Å²) in [5, 5.41) is 35.3. The molecule has 1 fully saturated rings. The van der Waals surface area contributed by atoms with Crippen LogP contribution in [0, 0.1) is 0 Å². The number of nitrogens with one attached hydrogen (secondary N) is 2. The van der Waals surface area contributed by atoms with Gasteiger partial charge in [0.15, 0.2) is 5.92 Å². The highest BCUT2D eigenvalue weighted by Crippen LogP contribution is 2.42. The number of carboxylic acids is 3. The molecule has 1 aliphatic rings. The largest absolute Gasteiger partial charge is 0.480 e. The Morgan fingerprint density at radius 1 is 1.29 bits per heavy atom. The average Bonchev–Trinajstić information content (AvgIpc) is 3.19. The van der Waals surface area contributed by atoms with Crippen molar-refractivity contribution in [3.8, 4) is 0 Å². The lowest BCUT2D eigenvalue weighted by molar-refractivity contribution is -0.172. The normalized spacial score (nSPS) is 24.1. The zero-order chi connectivity index (χ0) is 21.3. The standard InChI is InChI=1S/C16H20N2O8S2/c1-15(2)9(12(22)23)17-13(28-15)16(26-3,14(24)25)18-10(19)8(11(20)21)7-4-5-27-6-7/h4-6,8-9,13,17H,1-3H3,(H,18,19)(H,20,21)(H,22,23)(H,24,25)/t8?,9-,13+,16+/m0/s1. The molecular weight excluding hydrogens is 412 g/mol. The quantitative estimate of drug-likeness (QED) is 0.286.